The molecule has 1 heterocycles. The zero-order valence-corrected chi connectivity index (χ0v) is 11.5. The first-order chi connectivity index (χ1) is 9.10. The van der Waals surface area contributed by atoms with Crippen LogP contribution in [-0.4, -0.2) is 17.0 Å². The molecule has 0 spiro atoms. The summed E-state index contributed by atoms with van der Waals surface area (Å²) in [5, 5.41) is 9.63. The summed E-state index contributed by atoms with van der Waals surface area (Å²) in [4.78, 5) is 10.4. The first-order valence-corrected chi connectivity index (χ1v) is 6.18. The lowest BCUT2D eigenvalue weighted by atomic mass is 10.2. The second kappa shape index (κ2) is 5.68. The number of aromatic nitrogens is 2. The fourth-order valence-electron chi connectivity index (χ4n) is 1.73. The summed E-state index contributed by atoms with van der Waals surface area (Å²) < 4.78 is 0. The van der Waals surface area contributed by atoms with Crippen molar-refractivity contribution < 1.29 is 0 Å². The van der Waals surface area contributed by atoms with Crippen molar-refractivity contribution in [2.75, 3.05) is 11.9 Å². The predicted octanol–water partition coefficient (Wildman–Crippen LogP) is 2.95. The van der Waals surface area contributed by atoms with Gasteiger partial charge in [-0.1, -0.05) is 29.8 Å². The van der Waals surface area contributed by atoms with Gasteiger partial charge in [-0.05, 0) is 24.6 Å². The Morgan fingerprint density at radius 3 is 2.74 bits per heavy atom. The Labute approximate surface area is 117 Å². The van der Waals surface area contributed by atoms with Crippen molar-refractivity contribution in [3.63, 3.8) is 0 Å². The molecule has 0 amide bonds. The van der Waals surface area contributed by atoms with Gasteiger partial charge in [0.05, 0.1) is 0 Å². The number of hydrogen-bond acceptors (Lipinski definition) is 4. The van der Waals surface area contributed by atoms with E-state index in [0.29, 0.717) is 23.2 Å². The van der Waals surface area contributed by atoms with E-state index in [9.17, 15) is 0 Å². The zero-order valence-electron chi connectivity index (χ0n) is 10.8. The van der Waals surface area contributed by atoms with Crippen LogP contribution in [0.2, 0.25) is 5.02 Å². The number of hydrogen-bond donors (Lipinski definition) is 0. The smallest absolute Gasteiger partial charge is 0.226 e. The van der Waals surface area contributed by atoms with Gasteiger partial charge in [-0.2, -0.15) is 5.26 Å². The van der Waals surface area contributed by atoms with E-state index in [0.717, 1.165) is 11.3 Å². The van der Waals surface area contributed by atoms with Crippen molar-refractivity contribution in [2.45, 2.75) is 13.5 Å². The summed E-state index contributed by atoms with van der Waals surface area (Å²) in [6.07, 6.45) is 0. The molecule has 0 bridgehead atoms. The Kier molecular flexibility index (Phi) is 3.98. The molecule has 0 fully saturated rings. The highest BCUT2D eigenvalue weighted by atomic mass is 35.5. The van der Waals surface area contributed by atoms with E-state index >= 15 is 0 Å². The Bertz CT molecular complexity index is 634. The lowest BCUT2D eigenvalue weighted by Gasteiger charge is -2.18. The van der Waals surface area contributed by atoms with E-state index in [4.69, 9.17) is 16.9 Å². The molecule has 0 saturated heterocycles. The van der Waals surface area contributed by atoms with Crippen molar-refractivity contribution in [1.82, 2.24) is 9.97 Å². The maximum absolute atomic E-state index is 8.92. The summed E-state index contributed by atoms with van der Waals surface area (Å²) in [6, 6.07) is 11.3. The minimum Gasteiger partial charge on any atom is -0.339 e. The second-order valence-electron chi connectivity index (χ2n) is 4.25. The topological polar surface area (TPSA) is 52.8 Å². The first kappa shape index (κ1) is 13.3. The number of benzene rings is 1. The van der Waals surface area contributed by atoms with Crippen LogP contribution in [0.4, 0.5) is 5.95 Å². The number of nitrogens with zero attached hydrogens (tertiary/aromatic N) is 4. The van der Waals surface area contributed by atoms with E-state index in [1.165, 1.54) is 0 Å². The summed E-state index contributed by atoms with van der Waals surface area (Å²) in [5.74, 6) is 0.525. The van der Waals surface area contributed by atoms with Crippen molar-refractivity contribution in [3.05, 3.63) is 52.3 Å². The molecule has 0 saturated carbocycles. The highest BCUT2D eigenvalue weighted by Crippen LogP contribution is 2.18. The van der Waals surface area contributed by atoms with E-state index in [1.54, 1.807) is 6.07 Å². The van der Waals surface area contributed by atoms with E-state index in [2.05, 4.69) is 9.97 Å². The quantitative estimate of drug-likeness (QED) is 0.862. The third-order valence-electron chi connectivity index (χ3n) is 2.66. The summed E-state index contributed by atoms with van der Waals surface area (Å²) in [7, 11) is 1.87. The minimum atomic E-state index is 0.369. The average molecular weight is 273 g/mol. The minimum absolute atomic E-state index is 0.369. The molecule has 96 valence electrons. The van der Waals surface area contributed by atoms with Crippen molar-refractivity contribution >= 4 is 17.5 Å². The van der Waals surface area contributed by atoms with E-state index in [-0.39, 0.29) is 0 Å². The van der Waals surface area contributed by atoms with Gasteiger partial charge in [0.25, 0.3) is 0 Å². The van der Waals surface area contributed by atoms with Gasteiger partial charge in [-0.3, -0.25) is 0 Å². The Morgan fingerprint density at radius 1 is 1.32 bits per heavy atom. The van der Waals surface area contributed by atoms with Crippen LogP contribution in [0, 0.1) is 18.3 Å². The molecule has 0 N–H and O–H groups in total. The van der Waals surface area contributed by atoms with E-state index < -0.39 is 0 Å². The number of anilines is 1. The van der Waals surface area contributed by atoms with Gasteiger partial charge < -0.3 is 4.90 Å². The van der Waals surface area contributed by atoms with Gasteiger partial charge in [-0.25, -0.2) is 9.97 Å². The molecule has 0 unspecified atom stereocenters. The number of rotatable bonds is 3. The third-order valence-corrected chi connectivity index (χ3v) is 3.03. The van der Waals surface area contributed by atoms with Crippen LogP contribution in [0.15, 0.2) is 30.3 Å². The molecular weight excluding hydrogens is 260 g/mol. The van der Waals surface area contributed by atoms with Gasteiger partial charge in [-0.15, -0.1) is 0 Å². The summed E-state index contributed by atoms with van der Waals surface area (Å²) in [6.45, 7) is 2.43. The van der Waals surface area contributed by atoms with Crippen LogP contribution in [0.3, 0.4) is 0 Å². The van der Waals surface area contributed by atoms with Gasteiger partial charge in [0.2, 0.25) is 5.95 Å². The van der Waals surface area contributed by atoms with Crippen molar-refractivity contribution in [3.8, 4) is 6.07 Å². The Hall–Kier alpha value is -2.12. The van der Waals surface area contributed by atoms with Crippen LogP contribution >= 0.6 is 11.6 Å². The molecule has 2 aromatic rings. The zero-order chi connectivity index (χ0) is 13.8. The Balaban J connectivity index is 2.26. The number of nitriles is 1. The third kappa shape index (κ3) is 3.21. The molecule has 5 heteroatoms. The summed E-state index contributed by atoms with van der Waals surface area (Å²) in [5.41, 5.74) is 2.14. The summed E-state index contributed by atoms with van der Waals surface area (Å²) >= 11 is 6.13. The lowest BCUT2D eigenvalue weighted by Crippen LogP contribution is -2.20. The standard InChI is InChI=1S/C14H13ClN4/c1-10-7-12(8-16)18-14(17-10)19(2)9-11-5-3-4-6-13(11)15/h3-7H,9H2,1-2H3. The highest BCUT2D eigenvalue weighted by molar-refractivity contribution is 6.31. The average Bonchev–Trinajstić information content (AvgIpc) is 2.40. The molecular formula is C14H13ClN4. The normalized spacial score (nSPS) is 10.0. The largest absolute Gasteiger partial charge is 0.339 e. The predicted molar refractivity (Wildman–Crippen MR) is 75.0 cm³/mol. The van der Waals surface area contributed by atoms with Crippen LogP contribution in [0.5, 0.6) is 0 Å². The van der Waals surface area contributed by atoms with Gasteiger partial charge >= 0.3 is 0 Å². The number of halogens is 1. The fourth-order valence-corrected chi connectivity index (χ4v) is 1.93. The fraction of sp³-hybridized carbons (Fsp3) is 0.214. The van der Waals surface area contributed by atoms with Crippen LogP contribution < -0.4 is 4.90 Å². The van der Waals surface area contributed by atoms with Crippen LogP contribution in [0.25, 0.3) is 0 Å². The molecule has 0 radical (unpaired) electrons. The lowest BCUT2D eigenvalue weighted by molar-refractivity contribution is 0.856. The van der Waals surface area contributed by atoms with Crippen LogP contribution in [-0.2, 0) is 6.54 Å². The van der Waals surface area contributed by atoms with Crippen LogP contribution in [0.1, 0.15) is 17.0 Å². The van der Waals surface area contributed by atoms with Gasteiger partial charge in [0.1, 0.15) is 11.8 Å². The highest BCUT2D eigenvalue weighted by Gasteiger charge is 2.09. The van der Waals surface area contributed by atoms with E-state index in [1.807, 2.05) is 49.2 Å². The van der Waals surface area contributed by atoms with Crippen molar-refractivity contribution in [1.29, 1.82) is 5.26 Å². The Morgan fingerprint density at radius 2 is 2.05 bits per heavy atom. The first-order valence-electron chi connectivity index (χ1n) is 5.80. The molecule has 1 aromatic heterocycles. The maximum atomic E-state index is 8.92. The number of aryl methyl sites for hydroxylation is 1. The molecule has 4 nitrogen and oxygen atoms in total. The molecule has 0 aliphatic rings. The molecule has 2 rings (SSSR count). The molecule has 0 atom stereocenters. The van der Waals surface area contributed by atoms with Gasteiger partial charge in [0.15, 0.2) is 0 Å². The SMILES string of the molecule is Cc1cc(C#N)nc(N(C)Cc2ccccc2Cl)n1. The molecule has 0 aliphatic heterocycles. The molecule has 1 aromatic carbocycles. The maximum Gasteiger partial charge on any atom is 0.226 e. The monoisotopic (exact) mass is 272 g/mol. The second-order valence-corrected chi connectivity index (χ2v) is 4.66. The molecule has 0 aliphatic carbocycles. The van der Waals surface area contributed by atoms with Gasteiger partial charge in [0, 0.05) is 24.3 Å². The van der Waals surface area contributed by atoms with Crippen molar-refractivity contribution in [2.24, 2.45) is 0 Å². The molecule has 19 heavy (non-hydrogen) atoms.